The Bertz CT molecular complexity index is 742. The molecule has 0 saturated heterocycles. The van der Waals surface area contributed by atoms with Gasteiger partial charge in [0.25, 0.3) is 0 Å². The van der Waals surface area contributed by atoms with Crippen molar-refractivity contribution in [3.63, 3.8) is 0 Å². The zero-order chi connectivity index (χ0) is 12.9. The van der Waals surface area contributed by atoms with Crippen molar-refractivity contribution in [3.8, 4) is 11.3 Å². The number of aryl methyl sites for hydroxylation is 2. The minimum Gasteiger partial charge on any atom is -0.453 e. The molecule has 0 aliphatic rings. The van der Waals surface area contributed by atoms with Crippen LogP contribution >= 0.6 is 11.6 Å². The molecule has 0 N–H and O–H groups in total. The van der Waals surface area contributed by atoms with E-state index in [2.05, 4.69) is 10.1 Å². The number of rotatable bonds is 1. The number of fused-ring (bicyclic) bond motifs is 1. The van der Waals surface area contributed by atoms with E-state index in [-0.39, 0.29) is 0 Å². The van der Waals surface area contributed by atoms with Gasteiger partial charge in [-0.3, -0.25) is 9.67 Å². The summed E-state index contributed by atoms with van der Waals surface area (Å²) in [6.45, 7) is 3.97. The van der Waals surface area contributed by atoms with Crippen LogP contribution in [0.15, 0.2) is 22.7 Å². The predicted molar refractivity (Wildman–Crippen MR) is 70.7 cm³/mol. The molecule has 0 fully saturated rings. The van der Waals surface area contributed by atoms with E-state index in [1.165, 1.54) is 0 Å². The van der Waals surface area contributed by atoms with E-state index in [0.29, 0.717) is 10.6 Å². The molecular weight excluding hydrogens is 250 g/mol. The molecule has 0 aliphatic carbocycles. The molecular formula is C13H12ClN3O. The highest BCUT2D eigenvalue weighted by Gasteiger charge is 2.17. The Morgan fingerprint density at radius 3 is 2.72 bits per heavy atom. The number of aromatic nitrogens is 3. The van der Waals surface area contributed by atoms with Gasteiger partial charge in [0.2, 0.25) is 0 Å². The molecule has 3 aromatic rings. The Morgan fingerprint density at radius 2 is 2.11 bits per heavy atom. The summed E-state index contributed by atoms with van der Waals surface area (Å²) in [5, 5.41) is 4.96. The Balaban J connectivity index is 2.29. The predicted octanol–water partition coefficient (Wildman–Crippen LogP) is 3.50. The molecule has 0 radical (unpaired) electrons. The second-order valence-corrected chi connectivity index (χ2v) is 4.69. The number of hydrogen-bond donors (Lipinski definition) is 0. The summed E-state index contributed by atoms with van der Waals surface area (Å²) in [5.41, 5.74) is 4.39. The van der Waals surface area contributed by atoms with Gasteiger partial charge in [-0.15, -0.1) is 0 Å². The third kappa shape index (κ3) is 1.53. The van der Waals surface area contributed by atoms with Crippen LogP contribution in [0.1, 0.15) is 11.4 Å². The second kappa shape index (κ2) is 3.85. The van der Waals surface area contributed by atoms with Crippen LogP contribution in [0.4, 0.5) is 0 Å². The van der Waals surface area contributed by atoms with Crippen molar-refractivity contribution >= 4 is 22.7 Å². The first-order valence-electron chi connectivity index (χ1n) is 5.62. The summed E-state index contributed by atoms with van der Waals surface area (Å²) in [7, 11) is 1.92. The largest absolute Gasteiger partial charge is 0.453 e. The number of hydrogen-bond acceptors (Lipinski definition) is 3. The van der Waals surface area contributed by atoms with E-state index in [4.69, 9.17) is 16.0 Å². The van der Waals surface area contributed by atoms with Gasteiger partial charge in [0, 0.05) is 25.0 Å². The summed E-state index contributed by atoms with van der Waals surface area (Å²) in [4.78, 5) is 4.25. The van der Waals surface area contributed by atoms with Gasteiger partial charge in [-0.2, -0.15) is 5.10 Å². The molecule has 0 spiro atoms. The summed E-state index contributed by atoms with van der Waals surface area (Å²) in [5.74, 6) is 0.758. The topological polar surface area (TPSA) is 43.9 Å². The van der Waals surface area contributed by atoms with Crippen LogP contribution in [0.25, 0.3) is 22.4 Å². The summed E-state index contributed by atoms with van der Waals surface area (Å²) in [6.07, 6.45) is 1.67. The number of nitrogens with zero attached hydrogens (tertiary/aromatic N) is 3. The lowest BCUT2D eigenvalue weighted by molar-refractivity contribution is 0.630. The van der Waals surface area contributed by atoms with Gasteiger partial charge in [-0.1, -0.05) is 11.6 Å². The van der Waals surface area contributed by atoms with Crippen LogP contribution < -0.4 is 0 Å². The van der Waals surface area contributed by atoms with Crippen LogP contribution in [0.2, 0.25) is 5.02 Å². The lowest BCUT2D eigenvalue weighted by Crippen LogP contribution is -1.92. The van der Waals surface area contributed by atoms with Gasteiger partial charge in [0.05, 0.1) is 16.3 Å². The monoisotopic (exact) mass is 261 g/mol. The van der Waals surface area contributed by atoms with E-state index in [0.717, 1.165) is 28.2 Å². The third-order valence-corrected chi connectivity index (χ3v) is 3.42. The quantitative estimate of drug-likeness (QED) is 0.673. The van der Waals surface area contributed by atoms with Gasteiger partial charge in [0.1, 0.15) is 11.3 Å². The highest BCUT2D eigenvalue weighted by atomic mass is 35.5. The third-order valence-electron chi connectivity index (χ3n) is 3.12. The molecule has 3 rings (SSSR count). The van der Waals surface area contributed by atoms with Crippen molar-refractivity contribution in [1.29, 1.82) is 0 Å². The maximum absolute atomic E-state index is 6.09. The molecule has 4 nitrogen and oxygen atoms in total. The Morgan fingerprint density at radius 1 is 1.33 bits per heavy atom. The minimum absolute atomic E-state index is 0.574. The molecule has 3 heterocycles. The molecule has 0 saturated carbocycles. The Hall–Kier alpha value is -1.81. The number of pyridine rings is 1. The first kappa shape index (κ1) is 11.3. The minimum atomic E-state index is 0.574. The molecule has 0 aliphatic heterocycles. The van der Waals surface area contributed by atoms with Crippen molar-refractivity contribution < 1.29 is 4.42 Å². The molecule has 0 unspecified atom stereocenters. The van der Waals surface area contributed by atoms with Gasteiger partial charge >= 0.3 is 0 Å². The van der Waals surface area contributed by atoms with Crippen molar-refractivity contribution in [2.75, 3.05) is 0 Å². The maximum Gasteiger partial charge on any atom is 0.171 e. The van der Waals surface area contributed by atoms with Crippen LogP contribution in [0.3, 0.4) is 0 Å². The van der Waals surface area contributed by atoms with Crippen molar-refractivity contribution in [3.05, 3.63) is 34.7 Å². The van der Waals surface area contributed by atoms with Crippen LogP contribution in [0.5, 0.6) is 0 Å². The summed E-state index contributed by atoms with van der Waals surface area (Å²) in [6, 6.07) is 3.62. The van der Waals surface area contributed by atoms with Gasteiger partial charge in [-0.25, -0.2) is 0 Å². The fraction of sp³-hybridized carbons (Fsp3) is 0.231. The fourth-order valence-corrected chi connectivity index (χ4v) is 2.35. The number of furan rings is 1. The lowest BCUT2D eigenvalue weighted by Gasteiger charge is -1.96. The van der Waals surface area contributed by atoms with E-state index < -0.39 is 0 Å². The molecule has 0 amide bonds. The van der Waals surface area contributed by atoms with Crippen molar-refractivity contribution in [1.82, 2.24) is 14.8 Å². The first-order valence-corrected chi connectivity index (χ1v) is 6.00. The van der Waals surface area contributed by atoms with Crippen LogP contribution in [-0.2, 0) is 7.05 Å². The maximum atomic E-state index is 6.09. The SMILES string of the molecule is Cc1nn(C)c(C)c1-c1cc2nccc(Cl)c2o1. The average molecular weight is 262 g/mol. The fourth-order valence-electron chi connectivity index (χ4n) is 2.16. The van der Waals surface area contributed by atoms with Crippen molar-refractivity contribution in [2.24, 2.45) is 7.05 Å². The smallest absolute Gasteiger partial charge is 0.171 e. The van der Waals surface area contributed by atoms with E-state index >= 15 is 0 Å². The molecule has 3 aromatic heterocycles. The Labute approximate surface area is 109 Å². The van der Waals surface area contributed by atoms with Crippen LogP contribution in [-0.4, -0.2) is 14.8 Å². The van der Waals surface area contributed by atoms with Gasteiger partial charge < -0.3 is 4.42 Å². The molecule has 0 atom stereocenters. The zero-order valence-corrected chi connectivity index (χ0v) is 11.1. The van der Waals surface area contributed by atoms with Gasteiger partial charge in [0.15, 0.2) is 5.58 Å². The average Bonchev–Trinajstić information content (AvgIpc) is 2.83. The zero-order valence-electron chi connectivity index (χ0n) is 10.4. The molecule has 5 heteroatoms. The molecule has 92 valence electrons. The highest BCUT2D eigenvalue weighted by molar-refractivity contribution is 6.34. The first-order chi connectivity index (χ1) is 8.58. The molecule has 18 heavy (non-hydrogen) atoms. The number of halogens is 1. The summed E-state index contributed by atoms with van der Waals surface area (Å²) < 4.78 is 7.65. The van der Waals surface area contributed by atoms with E-state index in [9.17, 15) is 0 Å². The second-order valence-electron chi connectivity index (χ2n) is 4.29. The van der Waals surface area contributed by atoms with Crippen LogP contribution in [0, 0.1) is 13.8 Å². The normalized spacial score (nSPS) is 11.3. The lowest BCUT2D eigenvalue weighted by atomic mass is 10.1. The van der Waals surface area contributed by atoms with Crippen molar-refractivity contribution in [2.45, 2.75) is 13.8 Å². The highest BCUT2D eigenvalue weighted by Crippen LogP contribution is 2.33. The van der Waals surface area contributed by atoms with Gasteiger partial charge in [-0.05, 0) is 19.9 Å². The standard InChI is InChI=1S/C13H12ClN3O/c1-7-12(8(2)17(3)16-7)11-6-10-13(18-11)9(14)4-5-15-10/h4-6H,1-3H3. The van der Waals surface area contributed by atoms with E-state index in [1.807, 2.05) is 31.6 Å². The molecule has 0 aromatic carbocycles. The molecule has 0 bridgehead atoms. The van der Waals surface area contributed by atoms with E-state index in [1.54, 1.807) is 12.3 Å². The Kier molecular flexibility index (Phi) is 2.41. The summed E-state index contributed by atoms with van der Waals surface area (Å²) >= 11 is 6.09.